The van der Waals surface area contributed by atoms with Crippen LogP contribution in [0.2, 0.25) is 0 Å². The number of amides is 2. The van der Waals surface area contributed by atoms with Crippen LogP contribution in [0.4, 0.5) is 4.79 Å². The molecule has 7 nitrogen and oxygen atoms in total. The molecule has 1 aromatic rings. The summed E-state index contributed by atoms with van der Waals surface area (Å²) in [6.45, 7) is 5.10. The Labute approximate surface area is 148 Å². The first-order valence-corrected chi connectivity index (χ1v) is 9.23. The number of nitrogens with zero attached hydrogens (tertiary/aromatic N) is 3. The Balaban J connectivity index is 1.26. The van der Waals surface area contributed by atoms with Crippen LogP contribution >= 0.6 is 0 Å². The zero-order valence-electron chi connectivity index (χ0n) is 14.7. The summed E-state index contributed by atoms with van der Waals surface area (Å²) in [6, 6.07) is -0.0306. The van der Waals surface area contributed by atoms with Gasteiger partial charge in [-0.3, -0.25) is 0 Å². The predicted octanol–water partition coefficient (Wildman–Crippen LogP) is 1.49. The summed E-state index contributed by atoms with van der Waals surface area (Å²) in [5, 5.41) is 3.01. The van der Waals surface area contributed by atoms with Crippen LogP contribution in [-0.2, 0) is 15.9 Å². The molecule has 1 saturated carbocycles. The molecule has 2 amide bonds. The van der Waals surface area contributed by atoms with E-state index in [1.807, 2.05) is 24.2 Å². The van der Waals surface area contributed by atoms with Crippen LogP contribution in [0.15, 0.2) is 12.4 Å². The summed E-state index contributed by atoms with van der Waals surface area (Å²) in [7, 11) is 0. The molecule has 7 heteroatoms. The van der Waals surface area contributed by atoms with Gasteiger partial charge < -0.3 is 19.7 Å². The molecule has 136 valence electrons. The Morgan fingerprint density at radius 2 is 2.20 bits per heavy atom. The molecular weight excluding hydrogens is 320 g/mol. The number of hydrogen-bond acceptors (Lipinski definition) is 5. The van der Waals surface area contributed by atoms with Crippen molar-refractivity contribution in [1.29, 1.82) is 0 Å². The number of carbonyl (C=O) groups is 1. The van der Waals surface area contributed by atoms with Gasteiger partial charge in [-0.25, -0.2) is 14.8 Å². The molecule has 0 aromatic carbocycles. The van der Waals surface area contributed by atoms with Crippen LogP contribution < -0.4 is 5.32 Å². The van der Waals surface area contributed by atoms with Crippen molar-refractivity contribution in [2.24, 2.45) is 0 Å². The molecule has 3 fully saturated rings. The van der Waals surface area contributed by atoms with Crippen molar-refractivity contribution < 1.29 is 14.3 Å². The first kappa shape index (κ1) is 16.7. The first-order chi connectivity index (χ1) is 12.1. The number of hydrogen-bond donors (Lipinski definition) is 1. The van der Waals surface area contributed by atoms with Gasteiger partial charge in [-0.1, -0.05) is 0 Å². The van der Waals surface area contributed by atoms with Gasteiger partial charge >= 0.3 is 6.03 Å². The molecule has 2 aliphatic heterocycles. The highest BCUT2D eigenvalue weighted by Gasteiger charge is 2.43. The maximum Gasteiger partial charge on any atom is 0.317 e. The van der Waals surface area contributed by atoms with Crippen molar-refractivity contribution in [1.82, 2.24) is 20.2 Å². The molecule has 0 bridgehead atoms. The molecule has 3 aliphatic rings. The molecule has 1 aromatic heterocycles. The normalized spacial score (nSPS) is 29.2. The minimum absolute atomic E-state index is 0.0306. The minimum atomic E-state index is -0.318. The third-order valence-corrected chi connectivity index (χ3v) is 5.12. The van der Waals surface area contributed by atoms with Crippen molar-refractivity contribution >= 4 is 6.03 Å². The lowest BCUT2D eigenvalue weighted by atomic mass is 9.99. The van der Waals surface area contributed by atoms with E-state index < -0.39 is 0 Å². The van der Waals surface area contributed by atoms with E-state index in [-0.39, 0.29) is 17.7 Å². The van der Waals surface area contributed by atoms with Crippen molar-refractivity contribution in [2.75, 3.05) is 32.8 Å². The Morgan fingerprint density at radius 3 is 2.88 bits per heavy atom. The largest absolute Gasteiger partial charge is 0.378 e. The maximum absolute atomic E-state index is 12.5. The summed E-state index contributed by atoms with van der Waals surface area (Å²) in [6.07, 6.45) is 7.81. The second-order valence-corrected chi connectivity index (χ2v) is 7.50. The molecule has 2 atom stereocenters. The minimum Gasteiger partial charge on any atom is -0.378 e. The highest BCUT2D eigenvalue weighted by molar-refractivity contribution is 5.74. The molecule has 1 aliphatic carbocycles. The fraction of sp³-hybridized carbons (Fsp3) is 0.722. The van der Waals surface area contributed by atoms with E-state index >= 15 is 0 Å². The van der Waals surface area contributed by atoms with E-state index in [2.05, 4.69) is 15.3 Å². The van der Waals surface area contributed by atoms with Gasteiger partial charge in [0.05, 0.1) is 19.3 Å². The number of morpholine rings is 1. The van der Waals surface area contributed by atoms with Gasteiger partial charge in [0.25, 0.3) is 0 Å². The highest BCUT2D eigenvalue weighted by atomic mass is 16.6. The van der Waals surface area contributed by atoms with E-state index in [4.69, 9.17) is 9.47 Å². The average molecular weight is 346 g/mol. The maximum atomic E-state index is 12.5. The number of nitrogens with one attached hydrogen (secondary N) is 1. The highest BCUT2D eigenvalue weighted by Crippen LogP contribution is 2.37. The second kappa shape index (κ2) is 6.88. The van der Waals surface area contributed by atoms with Crippen LogP contribution in [0.25, 0.3) is 0 Å². The number of carbonyl (C=O) groups excluding carboxylic acids is 1. The molecule has 0 radical (unpaired) electrons. The van der Waals surface area contributed by atoms with E-state index in [0.29, 0.717) is 38.8 Å². The van der Waals surface area contributed by atoms with Crippen molar-refractivity contribution in [2.45, 2.75) is 50.2 Å². The Kier molecular flexibility index (Phi) is 4.60. The molecule has 4 rings (SSSR count). The summed E-state index contributed by atoms with van der Waals surface area (Å²) < 4.78 is 11.5. The fourth-order valence-electron chi connectivity index (χ4n) is 3.66. The van der Waals surface area contributed by atoms with Gasteiger partial charge in [0.15, 0.2) is 0 Å². The van der Waals surface area contributed by atoms with Gasteiger partial charge in [-0.15, -0.1) is 0 Å². The SMILES string of the molecule is CC1CN(C(=O)NCCc2cnc(C3CC3)nc2)CC2(CCOC2)O1. The predicted molar refractivity (Wildman–Crippen MR) is 91.4 cm³/mol. The standard InChI is InChI=1S/C18H26N4O3/c1-13-10-22(11-18(25-13)5-7-24-12-18)17(23)19-6-4-14-8-20-16(21-9-14)15-2-3-15/h8-9,13,15H,2-7,10-12H2,1H3,(H,19,23). The summed E-state index contributed by atoms with van der Waals surface area (Å²) in [5.41, 5.74) is 0.738. The summed E-state index contributed by atoms with van der Waals surface area (Å²) in [4.78, 5) is 23.2. The van der Waals surface area contributed by atoms with E-state index in [0.717, 1.165) is 24.2 Å². The number of aromatic nitrogens is 2. The van der Waals surface area contributed by atoms with E-state index in [1.165, 1.54) is 12.8 Å². The van der Waals surface area contributed by atoms with Gasteiger partial charge in [0, 0.05) is 44.4 Å². The zero-order chi connectivity index (χ0) is 17.3. The van der Waals surface area contributed by atoms with Gasteiger partial charge in [0.1, 0.15) is 11.4 Å². The third-order valence-electron chi connectivity index (χ3n) is 5.12. The number of rotatable bonds is 4. The topological polar surface area (TPSA) is 76.6 Å². The lowest BCUT2D eigenvalue weighted by molar-refractivity contribution is -0.137. The molecule has 3 heterocycles. The number of urea groups is 1. The van der Waals surface area contributed by atoms with Crippen LogP contribution in [0.1, 0.15) is 43.5 Å². The molecule has 2 unspecified atom stereocenters. The molecule has 1 N–H and O–H groups in total. The van der Waals surface area contributed by atoms with Gasteiger partial charge in [-0.05, 0) is 31.7 Å². The van der Waals surface area contributed by atoms with E-state index in [1.54, 1.807) is 0 Å². The van der Waals surface area contributed by atoms with Crippen LogP contribution in [0.3, 0.4) is 0 Å². The van der Waals surface area contributed by atoms with Crippen molar-refractivity contribution in [3.63, 3.8) is 0 Å². The van der Waals surface area contributed by atoms with Crippen molar-refractivity contribution in [3.8, 4) is 0 Å². The third kappa shape index (κ3) is 3.93. The lowest BCUT2D eigenvalue weighted by Gasteiger charge is -2.42. The lowest BCUT2D eigenvalue weighted by Crippen LogP contribution is -2.59. The first-order valence-electron chi connectivity index (χ1n) is 9.23. The van der Waals surface area contributed by atoms with Crippen LogP contribution in [0.5, 0.6) is 0 Å². The monoisotopic (exact) mass is 346 g/mol. The Bertz CT molecular complexity index is 611. The quantitative estimate of drug-likeness (QED) is 0.894. The number of ether oxygens (including phenoxy) is 2. The van der Waals surface area contributed by atoms with E-state index in [9.17, 15) is 4.79 Å². The zero-order valence-corrected chi connectivity index (χ0v) is 14.7. The fourth-order valence-corrected chi connectivity index (χ4v) is 3.66. The summed E-state index contributed by atoms with van der Waals surface area (Å²) >= 11 is 0. The van der Waals surface area contributed by atoms with Crippen molar-refractivity contribution in [3.05, 3.63) is 23.8 Å². The Hall–Kier alpha value is -1.73. The molecule has 1 spiro atoms. The smallest absolute Gasteiger partial charge is 0.317 e. The van der Waals surface area contributed by atoms with Gasteiger partial charge in [-0.2, -0.15) is 0 Å². The molecular formula is C18H26N4O3. The van der Waals surface area contributed by atoms with Crippen LogP contribution in [0, 0.1) is 0 Å². The summed E-state index contributed by atoms with van der Waals surface area (Å²) in [5.74, 6) is 1.53. The van der Waals surface area contributed by atoms with Crippen LogP contribution in [-0.4, -0.2) is 65.5 Å². The molecule has 2 saturated heterocycles. The average Bonchev–Trinajstić information content (AvgIpc) is 3.36. The Morgan fingerprint density at radius 1 is 1.40 bits per heavy atom. The van der Waals surface area contributed by atoms with Gasteiger partial charge in [0.2, 0.25) is 0 Å². The molecule has 25 heavy (non-hydrogen) atoms. The second-order valence-electron chi connectivity index (χ2n) is 7.50.